The minimum absolute atomic E-state index is 0.00970. The normalized spacial score (nSPS) is 12.0. The molecule has 0 bridgehead atoms. The molecule has 0 heterocycles. The molecule has 0 atom stereocenters. The van der Waals surface area contributed by atoms with Crippen molar-refractivity contribution in [3.8, 4) is 5.75 Å². The summed E-state index contributed by atoms with van der Waals surface area (Å²) in [5.41, 5.74) is 3.16. The van der Waals surface area contributed by atoms with E-state index in [-0.39, 0.29) is 11.1 Å². The Morgan fingerprint density at radius 2 is 1.88 bits per heavy atom. The van der Waals surface area contributed by atoms with Crippen LogP contribution in [0.4, 0.5) is 0 Å². The lowest BCUT2D eigenvalue weighted by atomic mass is 9.99. The fraction of sp³-hybridized carbons (Fsp3) is 0.524. The summed E-state index contributed by atoms with van der Waals surface area (Å²) in [6.45, 7) is 9.56. The van der Waals surface area contributed by atoms with E-state index in [1.165, 1.54) is 11.8 Å². The molecule has 0 spiro atoms. The number of benzene rings is 1. The summed E-state index contributed by atoms with van der Waals surface area (Å²) in [5, 5.41) is -0.00970. The highest BCUT2D eigenvalue weighted by atomic mass is 32.2. The van der Waals surface area contributed by atoms with Crippen molar-refractivity contribution in [1.29, 1.82) is 0 Å². The summed E-state index contributed by atoms with van der Waals surface area (Å²) in [4.78, 5) is 23.9. The summed E-state index contributed by atoms with van der Waals surface area (Å²) in [6.07, 6.45) is 5.78. The minimum Gasteiger partial charge on any atom is -0.496 e. The molecule has 1 aromatic carbocycles. The van der Waals surface area contributed by atoms with Crippen molar-refractivity contribution >= 4 is 28.4 Å². The van der Waals surface area contributed by atoms with Gasteiger partial charge in [0.1, 0.15) is 11.4 Å². The Kier molecular flexibility index (Phi) is 8.41. The van der Waals surface area contributed by atoms with Gasteiger partial charge in [-0.1, -0.05) is 17.8 Å². The van der Waals surface area contributed by atoms with Crippen LogP contribution >= 0.6 is 11.8 Å². The number of thioether (sulfide) groups is 1. The summed E-state index contributed by atoms with van der Waals surface area (Å²) in [7, 11) is 1.58. The number of esters is 1. The topological polar surface area (TPSA) is 52.6 Å². The van der Waals surface area contributed by atoms with E-state index in [0.29, 0.717) is 17.7 Å². The van der Waals surface area contributed by atoms with Crippen LogP contribution < -0.4 is 4.74 Å². The third-order valence-electron chi connectivity index (χ3n) is 3.79. The van der Waals surface area contributed by atoms with Gasteiger partial charge in [0.05, 0.1) is 12.7 Å². The Labute approximate surface area is 161 Å². The molecule has 0 radical (unpaired) electrons. The van der Waals surface area contributed by atoms with Crippen molar-refractivity contribution in [2.45, 2.75) is 59.5 Å². The fourth-order valence-electron chi connectivity index (χ4n) is 2.61. The van der Waals surface area contributed by atoms with Crippen molar-refractivity contribution in [2.75, 3.05) is 13.4 Å². The van der Waals surface area contributed by atoms with Gasteiger partial charge in [-0.25, -0.2) is 0 Å². The Morgan fingerprint density at radius 1 is 1.23 bits per heavy atom. The minimum atomic E-state index is -0.441. The Hall–Kier alpha value is -1.75. The predicted octanol–water partition coefficient (Wildman–Crippen LogP) is 5.42. The molecule has 1 aromatic rings. The number of hydrogen-bond donors (Lipinski definition) is 0. The van der Waals surface area contributed by atoms with Gasteiger partial charge in [-0.2, -0.15) is 0 Å². The second-order valence-corrected chi connectivity index (χ2v) is 8.01. The number of ether oxygens (including phenoxy) is 2. The fourth-order valence-corrected chi connectivity index (χ4v) is 2.98. The first kappa shape index (κ1) is 22.3. The molecule has 0 aliphatic rings. The maximum atomic E-state index is 12.2. The molecule has 0 fully saturated rings. The van der Waals surface area contributed by atoms with Gasteiger partial charge in [0, 0.05) is 6.42 Å². The van der Waals surface area contributed by atoms with Crippen LogP contribution in [0.5, 0.6) is 5.75 Å². The number of aryl methyl sites for hydroxylation is 1. The molecule has 0 aromatic heterocycles. The number of carbonyl (C=O) groups excluding carboxylic acids is 2. The van der Waals surface area contributed by atoms with Crippen molar-refractivity contribution < 1.29 is 19.1 Å². The van der Waals surface area contributed by atoms with Gasteiger partial charge in [-0.15, -0.1) is 0 Å². The van der Waals surface area contributed by atoms with E-state index in [2.05, 4.69) is 6.08 Å². The van der Waals surface area contributed by atoms with Crippen LogP contribution in [0, 0.1) is 6.92 Å². The molecular weight excluding hydrogens is 348 g/mol. The first-order valence-corrected chi connectivity index (χ1v) is 9.97. The van der Waals surface area contributed by atoms with E-state index in [1.807, 2.05) is 46.8 Å². The van der Waals surface area contributed by atoms with E-state index >= 15 is 0 Å². The standard InChI is InChI=1S/C21H30O4S/c1-14(10-8-9-11-18(22)25-21(3,4)5)16-12-15(2)19(24-6)17(13-16)20(23)26-7/h10,12-13H,8-9,11H2,1-7H3/b14-10-. The molecule has 144 valence electrons. The molecule has 0 saturated carbocycles. The molecule has 26 heavy (non-hydrogen) atoms. The van der Waals surface area contributed by atoms with Crippen molar-refractivity contribution in [2.24, 2.45) is 0 Å². The number of methoxy groups -OCH3 is 1. The Balaban J connectivity index is 2.82. The van der Waals surface area contributed by atoms with Crippen molar-refractivity contribution in [3.63, 3.8) is 0 Å². The number of rotatable bonds is 7. The maximum Gasteiger partial charge on any atom is 0.306 e. The maximum absolute atomic E-state index is 12.2. The average Bonchev–Trinajstić information content (AvgIpc) is 2.55. The average molecular weight is 379 g/mol. The monoisotopic (exact) mass is 378 g/mol. The summed E-state index contributed by atoms with van der Waals surface area (Å²) >= 11 is 1.18. The van der Waals surface area contributed by atoms with E-state index < -0.39 is 5.60 Å². The second-order valence-electron chi connectivity index (χ2n) is 7.23. The Morgan fingerprint density at radius 3 is 2.42 bits per heavy atom. The van der Waals surface area contributed by atoms with E-state index in [1.54, 1.807) is 13.4 Å². The summed E-state index contributed by atoms with van der Waals surface area (Å²) in [6, 6.07) is 3.90. The van der Waals surface area contributed by atoms with Gasteiger partial charge in [-0.3, -0.25) is 9.59 Å². The van der Waals surface area contributed by atoms with Gasteiger partial charge in [0.2, 0.25) is 5.12 Å². The molecule has 4 nitrogen and oxygen atoms in total. The highest BCUT2D eigenvalue weighted by Gasteiger charge is 2.16. The van der Waals surface area contributed by atoms with Gasteiger partial charge in [0.25, 0.3) is 0 Å². The number of carbonyl (C=O) groups is 2. The summed E-state index contributed by atoms with van der Waals surface area (Å²) in [5.74, 6) is 0.461. The lowest BCUT2D eigenvalue weighted by Gasteiger charge is -2.19. The van der Waals surface area contributed by atoms with Crippen molar-refractivity contribution in [1.82, 2.24) is 0 Å². The zero-order valence-electron chi connectivity index (χ0n) is 16.9. The van der Waals surface area contributed by atoms with Crippen LogP contribution in [-0.2, 0) is 9.53 Å². The highest BCUT2D eigenvalue weighted by molar-refractivity contribution is 8.13. The van der Waals surface area contributed by atoms with Crippen LogP contribution in [0.25, 0.3) is 5.57 Å². The van der Waals surface area contributed by atoms with Crippen LogP contribution in [0.15, 0.2) is 18.2 Å². The number of hydrogen-bond acceptors (Lipinski definition) is 5. The Bertz CT molecular complexity index is 684. The van der Waals surface area contributed by atoms with Crippen LogP contribution in [0.2, 0.25) is 0 Å². The largest absolute Gasteiger partial charge is 0.496 e. The second kappa shape index (κ2) is 9.81. The molecule has 0 amide bonds. The molecule has 0 saturated heterocycles. The highest BCUT2D eigenvalue weighted by Crippen LogP contribution is 2.30. The van der Waals surface area contributed by atoms with E-state index in [4.69, 9.17) is 9.47 Å². The van der Waals surface area contributed by atoms with Crippen LogP contribution in [0.1, 0.15) is 68.4 Å². The van der Waals surface area contributed by atoms with Gasteiger partial charge >= 0.3 is 5.97 Å². The van der Waals surface area contributed by atoms with Crippen LogP contribution in [0.3, 0.4) is 0 Å². The molecule has 5 heteroatoms. The molecule has 1 rings (SSSR count). The number of allylic oxidation sites excluding steroid dienone is 2. The van der Waals surface area contributed by atoms with E-state index in [0.717, 1.165) is 29.5 Å². The summed E-state index contributed by atoms with van der Waals surface area (Å²) < 4.78 is 10.7. The predicted molar refractivity (Wildman–Crippen MR) is 109 cm³/mol. The van der Waals surface area contributed by atoms with E-state index in [9.17, 15) is 9.59 Å². The van der Waals surface area contributed by atoms with Crippen LogP contribution in [-0.4, -0.2) is 30.1 Å². The lowest BCUT2D eigenvalue weighted by Crippen LogP contribution is -2.23. The third-order valence-corrected chi connectivity index (χ3v) is 4.39. The molecule has 0 unspecified atom stereocenters. The third kappa shape index (κ3) is 6.87. The lowest BCUT2D eigenvalue weighted by molar-refractivity contribution is -0.154. The molecular formula is C21H30O4S. The first-order valence-electron chi connectivity index (χ1n) is 8.75. The molecule has 0 N–H and O–H groups in total. The SMILES string of the molecule is COc1c(C)cc(/C(C)=C\CCCC(=O)OC(C)(C)C)cc1C(=O)SC. The number of unbranched alkanes of at least 4 members (excludes halogenated alkanes) is 1. The molecule has 0 aliphatic carbocycles. The first-order chi connectivity index (χ1) is 12.1. The zero-order chi connectivity index (χ0) is 19.9. The van der Waals surface area contributed by atoms with Crippen molar-refractivity contribution in [3.05, 3.63) is 34.9 Å². The van der Waals surface area contributed by atoms with Gasteiger partial charge in [0.15, 0.2) is 0 Å². The zero-order valence-corrected chi connectivity index (χ0v) is 17.7. The quantitative estimate of drug-likeness (QED) is 0.468. The molecule has 0 aliphatic heterocycles. The van der Waals surface area contributed by atoms with Gasteiger partial charge in [-0.05, 0) is 82.5 Å². The smallest absolute Gasteiger partial charge is 0.306 e. The van der Waals surface area contributed by atoms with Gasteiger partial charge < -0.3 is 9.47 Å².